The third kappa shape index (κ3) is 5.85. The largest absolute Gasteiger partial charge is 0.493 e. The zero-order valence-corrected chi connectivity index (χ0v) is 18.0. The number of methoxy groups -OCH3 is 2. The number of anilines is 1. The first-order valence-electron chi connectivity index (χ1n) is 7.83. The number of amides is 2. The molecular weight excluding hydrogens is 473 g/mol. The number of ether oxygens (including phenoxy) is 2. The van der Waals surface area contributed by atoms with E-state index >= 15 is 0 Å². The third-order valence-corrected chi connectivity index (χ3v) is 4.81. The summed E-state index contributed by atoms with van der Waals surface area (Å²) in [5.74, 6) is -0.0976. The van der Waals surface area contributed by atoms with E-state index in [9.17, 15) is 9.59 Å². The van der Waals surface area contributed by atoms with E-state index in [0.717, 1.165) is 0 Å². The molecule has 0 aliphatic rings. The molecule has 0 saturated carbocycles. The van der Waals surface area contributed by atoms with Gasteiger partial charge in [-0.1, -0.05) is 29.3 Å². The maximum Gasteiger partial charge on any atom is 0.249 e. The molecule has 0 unspecified atom stereocenters. The lowest BCUT2D eigenvalue weighted by atomic mass is 10.2. The normalized spacial score (nSPS) is 10.6. The number of benzene rings is 2. The van der Waals surface area contributed by atoms with Gasteiger partial charge >= 0.3 is 0 Å². The van der Waals surface area contributed by atoms with Gasteiger partial charge in [0.25, 0.3) is 0 Å². The van der Waals surface area contributed by atoms with Crippen LogP contribution in [0.25, 0.3) is 0 Å². The van der Waals surface area contributed by atoms with E-state index < -0.39 is 18.2 Å². The summed E-state index contributed by atoms with van der Waals surface area (Å²) < 4.78 is 11.1. The van der Waals surface area contributed by atoms with Gasteiger partial charge in [-0.15, -0.1) is 0 Å². The van der Waals surface area contributed by atoms with Gasteiger partial charge in [0.05, 0.1) is 40.6 Å². The van der Waals surface area contributed by atoms with Gasteiger partial charge in [0.2, 0.25) is 11.8 Å². The standard InChI is InChI=1S/C18H16BrCl2N3O4/c1-27-14-7-10(6-11(19)18(14)28-2)9-22-24-16(26)8-15(25)23-13-5-3-4-12(20)17(13)21/h3-7,9H,8H2,1-2H3,(H,23,25)(H,24,26). The Bertz CT molecular complexity index is 922. The lowest BCUT2D eigenvalue weighted by molar-refractivity contribution is -0.126. The fraction of sp³-hybridized carbons (Fsp3) is 0.167. The number of nitrogens with zero attached hydrogens (tertiary/aromatic N) is 1. The first-order valence-corrected chi connectivity index (χ1v) is 9.38. The van der Waals surface area contributed by atoms with Crippen LogP contribution in [-0.4, -0.2) is 32.2 Å². The molecular formula is C18H16BrCl2N3O4. The Labute approximate surface area is 180 Å². The van der Waals surface area contributed by atoms with Crippen molar-refractivity contribution in [1.29, 1.82) is 0 Å². The second-order valence-electron chi connectivity index (χ2n) is 5.36. The molecule has 0 radical (unpaired) electrons. The predicted molar refractivity (Wildman–Crippen MR) is 113 cm³/mol. The maximum absolute atomic E-state index is 12.0. The molecule has 0 aromatic heterocycles. The average molecular weight is 489 g/mol. The minimum Gasteiger partial charge on any atom is -0.493 e. The summed E-state index contributed by atoms with van der Waals surface area (Å²) in [4.78, 5) is 23.8. The molecule has 0 bridgehead atoms. The fourth-order valence-corrected chi connectivity index (χ4v) is 3.14. The summed E-state index contributed by atoms with van der Waals surface area (Å²) in [7, 11) is 3.04. The monoisotopic (exact) mass is 487 g/mol. The number of halogens is 3. The van der Waals surface area contributed by atoms with E-state index in [1.807, 2.05) is 0 Å². The molecule has 0 saturated heterocycles. The first-order chi connectivity index (χ1) is 13.3. The molecule has 10 heteroatoms. The molecule has 2 N–H and O–H groups in total. The second-order valence-corrected chi connectivity index (χ2v) is 7.00. The lowest BCUT2D eigenvalue weighted by Crippen LogP contribution is -2.24. The summed E-state index contributed by atoms with van der Waals surface area (Å²) in [6, 6.07) is 8.23. The summed E-state index contributed by atoms with van der Waals surface area (Å²) >= 11 is 15.2. The molecule has 0 atom stereocenters. The van der Waals surface area contributed by atoms with Crippen molar-refractivity contribution in [2.24, 2.45) is 5.10 Å². The molecule has 0 heterocycles. The smallest absolute Gasteiger partial charge is 0.249 e. The summed E-state index contributed by atoms with van der Waals surface area (Å²) in [5.41, 5.74) is 3.26. The molecule has 0 fully saturated rings. The summed E-state index contributed by atoms with van der Waals surface area (Å²) in [6.07, 6.45) is 0.978. The first kappa shape index (κ1) is 22.0. The Morgan fingerprint density at radius 2 is 1.93 bits per heavy atom. The minimum absolute atomic E-state index is 0.204. The van der Waals surface area contributed by atoms with Crippen LogP contribution < -0.4 is 20.2 Å². The van der Waals surface area contributed by atoms with Crippen molar-refractivity contribution in [1.82, 2.24) is 5.43 Å². The number of hydrogen-bond donors (Lipinski definition) is 2. The van der Waals surface area contributed by atoms with Crippen molar-refractivity contribution in [3.63, 3.8) is 0 Å². The molecule has 2 aromatic rings. The van der Waals surface area contributed by atoms with Crippen LogP contribution in [-0.2, 0) is 9.59 Å². The van der Waals surface area contributed by atoms with Gasteiger partial charge in [-0.25, -0.2) is 5.43 Å². The Morgan fingerprint density at radius 1 is 1.18 bits per heavy atom. The van der Waals surface area contributed by atoms with Crippen LogP contribution in [0.1, 0.15) is 12.0 Å². The van der Waals surface area contributed by atoms with E-state index in [1.54, 1.807) is 30.3 Å². The summed E-state index contributed by atoms with van der Waals surface area (Å²) in [6.45, 7) is 0. The molecule has 0 aliphatic heterocycles. The lowest BCUT2D eigenvalue weighted by Gasteiger charge is -2.10. The van der Waals surface area contributed by atoms with E-state index in [2.05, 4.69) is 31.8 Å². The number of hydrogen-bond acceptors (Lipinski definition) is 5. The van der Waals surface area contributed by atoms with Gasteiger partial charge in [-0.05, 0) is 45.8 Å². The second kappa shape index (κ2) is 10.3. The Kier molecular flexibility index (Phi) is 8.10. The Morgan fingerprint density at radius 3 is 2.61 bits per heavy atom. The van der Waals surface area contributed by atoms with Crippen LogP contribution >= 0.6 is 39.1 Å². The maximum atomic E-state index is 12.0. The van der Waals surface area contributed by atoms with E-state index in [-0.39, 0.29) is 5.02 Å². The van der Waals surface area contributed by atoms with E-state index in [4.69, 9.17) is 32.7 Å². The van der Waals surface area contributed by atoms with Gasteiger partial charge in [0, 0.05) is 0 Å². The molecule has 2 rings (SSSR count). The highest BCUT2D eigenvalue weighted by molar-refractivity contribution is 9.10. The Hall–Kier alpha value is -2.29. The number of nitrogens with one attached hydrogen (secondary N) is 2. The molecule has 0 aliphatic carbocycles. The number of carbonyl (C=O) groups is 2. The molecule has 7 nitrogen and oxygen atoms in total. The molecule has 2 aromatic carbocycles. The SMILES string of the molecule is COc1cc(C=NNC(=O)CC(=O)Nc2cccc(Cl)c2Cl)cc(Br)c1OC. The molecule has 148 valence electrons. The van der Waals surface area contributed by atoms with Crippen LogP contribution in [0.3, 0.4) is 0 Å². The summed E-state index contributed by atoms with van der Waals surface area (Å²) in [5, 5.41) is 6.86. The topological polar surface area (TPSA) is 89.0 Å². The Balaban J connectivity index is 1.94. The van der Waals surface area contributed by atoms with Crippen molar-refractivity contribution < 1.29 is 19.1 Å². The van der Waals surface area contributed by atoms with E-state index in [0.29, 0.717) is 32.2 Å². The zero-order chi connectivity index (χ0) is 20.7. The average Bonchev–Trinajstić information content (AvgIpc) is 2.64. The number of hydrazone groups is 1. The van der Waals surface area contributed by atoms with Crippen LogP contribution in [0.2, 0.25) is 10.0 Å². The number of rotatable bonds is 7. The minimum atomic E-state index is -0.591. The number of carbonyl (C=O) groups excluding carboxylic acids is 2. The van der Waals surface area contributed by atoms with Gasteiger partial charge in [-0.3, -0.25) is 9.59 Å². The van der Waals surface area contributed by atoms with E-state index in [1.165, 1.54) is 20.4 Å². The van der Waals surface area contributed by atoms with Gasteiger partial charge in [-0.2, -0.15) is 5.10 Å². The van der Waals surface area contributed by atoms with Gasteiger partial charge in [0.15, 0.2) is 11.5 Å². The van der Waals surface area contributed by atoms with Crippen molar-refractivity contribution in [2.75, 3.05) is 19.5 Å². The van der Waals surface area contributed by atoms with Crippen molar-refractivity contribution in [3.8, 4) is 11.5 Å². The fourth-order valence-electron chi connectivity index (χ4n) is 2.17. The molecule has 28 heavy (non-hydrogen) atoms. The third-order valence-electron chi connectivity index (χ3n) is 3.41. The van der Waals surface area contributed by atoms with Crippen LogP contribution in [0.5, 0.6) is 11.5 Å². The van der Waals surface area contributed by atoms with Crippen molar-refractivity contribution in [2.45, 2.75) is 6.42 Å². The van der Waals surface area contributed by atoms with Crippen LogP contribution in [0.15, 0.2) is 39.9 Å². The van der Waals surface area contributed by atoms with Crippen molar-refractivity contribution in [3.05, 3.63) is 50.4 Å². The predicted octanol–water partition coefficient (Wildman–Crippen LogP) is 4.25. The molecule has 0 spiro atoms. The van der Waals surface area contributed by atoms with Gasteiger partial charge < -0.3 is 14.8 Å². The highest BCUT2D eigenvalue weighted by atomic mass is 79.9. The molecule has 2 amide bonds. The van der Waals surface area contributed by atoms with Crippen molar-refractivity contribution >= 4 is 62.8 Å². The quantitative estimate of drug-likeness (QED) is 0.346. The zero-order valence-electron chi connectivity index (χ0n) is 14.9. The highest BCUT2D eigenvalue weighted by Crippen LogP contribution is 2.35. The highest BCUT2D eigenvalue weighted by Gasteiger charge is 2.12. The van der Waals surface area contributed by atoms with Gasteiger partial charge in [0.1, 0.15) is 6.42 Å². The van der Waals surface area contributed by atoms with Crippen LogP contribution in [0, 0.1) is 0 Å². The van der Waals surface area contributed by atoms with Crippen LogP contribution in [0.4, 0.5) is 5.69 Å².